The molecule has 1 amide bonds. The van der Waals surface area contributed by atoms with Crippen LogP contribution in [0.15, 0.2) is 53.4 Å². The number of amides is 1. The van der Waals surface area contributed by atoms with E-state index in [0.717, 1.165) is 10.6 Å². The molecule has 0 aliphatic rings. The van der Waals surface area contributed by atoms with Gasteiger partial charge in [-0.2, -0.15) is 5.10 Å². The quantitative estimate of drug-likeness (QED) is 0.435. The van der Waals surface area contributed by atoms with E-state index in [4.69, 9.17) is 39.5 Å². The van der Waals surface area contributed by atoms with Gasteiger partial charge in [-0.15, -0.1) is 11.8 Å². The second kappa shape index (κ2) is 9.56. The number of rotatable bonds is 6. The zero-order valence-electron chi connectivity index (χ0n) is 14.8. The molecule has 5 nitrogen and oxygen atoms in total. The van der Waals surface area contributed by atoms with E-state index >= 15 is 0 Å². The van der Waals surface area contributed by atoms with Gasteiger partial charge in [0.15, 0.2) is 0 Å². The van der Waals surface area contributed by atoms with Crippen molar-refractivity contribution in [1.82, 2.24) is 9.78 Å². The van der Waals surface area contributed by atoms with Crippen LogP contribution in [-0.4, -0.2) is 15.9 Å². The highest BCUT2D eigenvalue weighted by Gasteiger charge is 2.17. The number of aryl methyl sites for hydroxylation is 1. The summed E-state index contributed by atoms with van der Waals surface area (Å²) >= 11 is 19.8. The van der Waals surface area contributed by atoms with E-state index in [-0.39, 0.29) is 6.61 Å². The van der Waals surface area contributed by atoms with Crippen LogP contribution in [0.2, 0.25) is 15.2 Å². The fourth-order valence-corrected chi connectivity index (χ4v) is 3.78. The number of anilines is 1. The van der Waals surface area contributed by atoms with E-state index in [2.05, 4.69) is 10.4 Å². The zero-order chi connectivity index (χ0) is 20.1. The summed E-state index contributed by atoms with van der Waals surface area (Å²) in [6, 6.07) is 14.7. The number of carbonyl (C=O) groups is 1. The van der Waals surface area contributed by atoms with Gasteiger partial charge in [0.2, 0.25) is 0 Å². The minimum Gasteiger partial charge on any atom is -0.444 e. The molecule has 0 aliphatic heterocycles. The summed E-state index contributed by atoms with van der Waals surface area (Å²) < 4.78 is 6.88. The Morgan fingerprint density at radius 2 is 1.89 bits per heavy atom. The zero-order valence-corrected chi connectivity index (χ0v) is 17.9. The summed E-state index contributed by atoms with van der Waals surface area (Å²) in [6.07, 6.45) is -0.625. The fraction of sp³-hybridized carbons (Fsp3) is 0.158. The number of ether oxygens (including phenoxy) is 1. The van der Waals surface area contributed by atoms with E-state index in [1.165, 1.54) is 0 Å². The van der Waals surface area contributed by atoms with Crippen LogP contribution in [0.1, 0.15) is 11.3 Å². The van der Waals surface area contributed by atoms with E-state index < -0.39 is 6.09 Å². The lowest BCUT2D eigenvalue weighted by Gasteiger charge is -2.08. The number of benzene rings is 2. The lowest BCUT2D eigenvalue weighted by molar-refractivity contribution is 0.155. The molecule has 9 heteroatoms. The molecule has 0 atom stereocenters. The second-order valence-electron chi connectivity index (χ2n) is 5.77. The molecule has 1 heterocycles. The first-order chi connectivity index (χ1) is 13.4. The van der Waals surface area contributed by atoms with Gasteiger partial charge in [0.05, 0.1) is 21.3 Å². The second-order valence-corrected chi connectivity index (χ2v) is 7.99. The maximum atomic E-state index is 12.1. The molecule has 0 saturated heterocycles. The van der Waals surface area contributed by atoms with Crippen LogP contribution in [0.3, 0.4) is 0 Å². The predicted molar refractivity (Wildman–Crippen MR) is 114 cm³/mol. The molecule has 2 aromatic carbocycles. The van der Waals surface area contributed by atoms with Gasteiger partial charge in [-0.05, 0) is 30.3 Å². The summed E-state index contributed by atoms with van der Waals surface area (Å²) in [4.78, 5) is 13.2. The van der Waals surface area contributed by atoms with Gasteiger partial charge in [-0.25, -0.2) is 4.79 Å². The van der Waals surface area contributed by atoms with Gasteiger partial charge in [0.1, 0.15) is 11.8 Å². The summed E-state index contributed by atoms with van der Waals surface area (Å²) in [5.41, 5.74) is 1.93. The van der Waals surface area contributed by atoms with Gasteiger partial charge < -0.3 is 4.74 Å². The van der Waals surface area contributed by atoms with Gasteiger partial charge in [0.25, 0.3) is 0 Å². The average molecular weight is 457 g/mol. The highest BCUT2D eigenvalue weighted by molar-refractivity contribution is 7.98. The maximum absolute atomic E-state index is 12.1. The summed E-state index contributed by atoms with van der Waals surface area (Å²) in [5, 5.41) is 8.22. The van der Waals surface area contributed by atoms with Crippen molar-refractivity contribution in [2.45, 2.75) is 17.3 Å². The molecule has 0 fully saturated rings. The van der Waals surface area contributed by atoms with E-state index in [9.17, 15) is 4.79 Å². The van der Waals surface area contributed by atoms with Gasteiger partial charge in [-0.3, -0.25) is 10.00 Å². The fourth-order valence-electron chi connectivity index (χ4n) is 2.39. The van der Waals surface area contributed by atoms with Crippen molar-refractivity contribution >= 4 is 58.3 Å². The minimum absolute atomic E-state index is 0.00448. The molecule has 1 N–H and O–H groups in total. The van der Waals surface area contributed by atoms with Crippen molar-refractivity contribution in [3.8, 4) is 0 Å². The average Bonchev–Trinajstić information content (AvgIpc) is 2.96. The molecule has 3 aromatic rings. The smallest absolute Gasteiger partial charge is 0.411 e. The summed E-state index contributed by atoms with van der Waals surface area (Å²) in [5.74, 6) is 0.609. The van der Waals surface area contributed by atoms with Gasteiger partial charge in [0, 0.05) is 23.4 Å². The van der Waals surface area contributed by atoms with Crippen LogP contribution in [0, 0.1) is 0 Å². The van der Waals surface area contributed by atoms with E-state index in [0.29, 0.717) is 32.2 Å². The first-order valence-electron chi connectivity index (χ1n) is 8.21. The summed E-state index contributed by atoms with van der Waals surface area (Å²) in [6.45, 7) is 0.00448. The molecule has 28 heavy (non-hydrogen) atoms. The minimum atomic E-state index is -0.625. The molecule has 146 valence electrons. The first-order valence-corrected chi connectivity index (χ1v) is 10.3. The number of aromatic nitrogens is 2. The molecule has 3 rings (SSSR count). The van der Waals surface area contributed by atoms with Crippen molar-refractivity contribution in [1.29, 1.82) is 0 Å². The number of thioether (sulfide) groups is 1. The topological polar surface area (TPSA) is 56.2 Å². The van der Waals surface area contributed by atoms with Crippen LogP contribution >= 0.6 is 46.6 Å². The Bertz CT molecular complexity index is 980. The Morgan fingerprint density at radius 1 is 1.14 bits per heavy atom. The molecule has 0 radical (unpaired) electrons. The van der Waals surface area contributed by atoms with Crippen LogP contribution in [0.4, 0.5) is 10.5 Å². The highest BCUT2D eigenvalue weighted by Crippen LogP contribution is 2.28. The number of halogens is 3. The molecular formula is C19H16Cl3N3O2S. The molecule has 0 unspecified atom stereocenters. The predicted octanol–water partition coefficient (Wildman–Crippen LogP) is 6.42. The van der Waals surface area contributed by atoms with Gasteiger partial charge >= 0.3 is 6.09 Å². The van der Waals surface area contributed by atoms with Crippen molar-refractivity contribution < 1.29 is 9.53 Å². The van der Waals surface area contributed by atoms with Gasteiger partial charge in [-0.1, -0.05) is 53.0 Å². The number of hydrogen-bond donors (Lipinski definition) is 1. The lowest BCUT2D eigenvalue weighted by atomic mass is 10.3. The van der Waals surface area contributed by atoms with Crippen molar-refractivity contribution in [2.75, 3.05) is 5.32 Å². The third-order valence-corrected chi connectivity index (χ3v) is 6.02. The van der Waals surface area contributed by atoms with Crippen LogP contribution in [-0.2, 0) is 24.1 Å². The summed E-state index contributed by atoms with van der Waals surface area (Å²) in [7, 11) is 1.75. The monoisotopic (exact) mass is 455 g/mol. The SMILES string of the molecule is Cn1nc(CSc2ccccc2)c(COC(=O)Nc2ccc(Cl)c(Cl)c2)c1Cl. The standard InChI is InChI=1S/C19H16Cl3N3O2S/c1-25-18(22)14(17(24-25)11-28-13-5-3-2-4-6-13)10-27-19(26)23-12-7-8-15(20)16(21)9-12/h2-9H,10-11H2,1H3,(H,23,26). The van der Waals surface area contributed by atoms with Crippen molar-refractivity contribution in [3.63, 3.8) is 0 Å². The number of nitrogens with zero attached hydrogens (tertiary/aromatic N) is 2. The lowest BCUT2D eigenvalue weighted by Crippen LogP contribution is -2.14. The molecule has 1 aromatic heterocycles. The van der Waals surface area contributed by atoms with E-state index in [1.807, 2.05) is 30.3 Å². The third-order valence-electron chi connectivity index (χ3n) is 3.78. The van der Waals surface area contributed by atoms with Crippen LogP contribution in [0.25, 0.3) is 0 Å². The van der Waals surface area contributed by atoms with Crippen LogP contribution < -0.4 is 5.32 Å². The van der Waals surface area contributed by atoms with Crippen molar-refractivity contribution in [2.24, 2.45) is 7.05 Å². The Balaban J connectivity index is 1.63. The Labute approximate surface area is 181 Å². The molecule has 0 bridgehead atoms. The number of nitrogens with one attached hydrogen (secondary N) is 1. The molecule has 0 aliphatic carbocycles. The third kappa shape index (κ3) is 5.35. The molecule has 0 spiro atoms. The van der Waals surface area contributed by atoms with Crippen molar-refractivity contribution in [3.05, 3.63) is 75.0 Å². The van der Waals surface area contributed by atoms with E-state index in [1.54, 1.807) is 41.7 Å². The Morgan fingerprint density at radius 3 is 2.61 bits per heavy atom. The molecule has 0 saturated carbocycles. The molecular weight excluding hydrogens is 441 g/mol. The maximum Gasteiger partial charge on any atom is 0.411 e. The number of hydrogen-bond acceptors (Lipinski definition) is 4. The normalized spacial score (nSPS) is 10.7. The Kier molecular flexibility index (Phi) is 7.13. The largest absolute Gasteiger partial charge is 0.444 e. The van der Waals surface area contributed by atoms with Crippen LogP contribution in [0.5, 0.6) is 0 Å². The first kappa shape index (κ1) is 20.9. The number of carbonyl (C=O) groups excluding carboxylic acids is 1. The Hall–Kier alpha value is -1.86. The highest BCUT2D eigenvalue weighted by atomic mass is 35.5.